The summed E-state index contributed by atoms with van der Waals surface area (Å²) in [4.78, 5) is 17.0. The van der Waals surface area contributed by atoms with Gasteiger partial charge in [-0.05, 0) is 61.4 Å². The van der Waals surface area contributed by atoms with Gasteiger partial charge in [0.05, 0.1) is 23.7 Å². The Hall–Kier alpha value is -3.39. The zero-order valence-corrected chi connectivity index (χ0v) is 18.4. The first-order chi connectivity index (χ1) is 14.7. The first kappa shape index (κ1) is 22.3. The second-order valence-electron chi connectivity index (χ2n) is 7.28. The molecule has 3 rings (SSSR count). The summed E-state index contributed by atoms with van der Waals surface area (Å²) in [5.74, 6) is 0.378. The number of aromatic nitrogens is 1. The average Bonchev–Trinajstić information content (AvgIpc) is 2.73. The Kier molecular flexibility index (Phi) is 6.91. The van der Waals surface area contributed by atoms with Crippen LogP contribution in [0.2, 0.25) is 0 Å². The van der Waals surface area contributed by atoms with Crippen molar-refractivity contribution >= 4 is 21.6 Å². The predicted octanol–water partition coefficient (Wildman–Crippen LogP) is 3.83. The van der Waals surface area contributed by atoms with Gasteiger partial charge in [0.1, 0.15) is 12.4 Å². The minimum Gasteiger partial charge on any atom is -0.487 e. The predicted molar refractivity (Wildman–Crippen MR) is 121 cm³/mol. The van der Waals surface area contributed by atoms with E-state index in [1.54, 1.807) is 25.3 Å². The van der Waals surface area contributed by atoms with E-state index in [9.17, 15) is 13.2 Å². The number of rotatable bonds is 8. The number of carbonyl (C=O) groups is 1. The molecule has 0 radical (unpaired) electrons. The van der Waals surface area contributed by atoms with Crippen molar-refractivity contribution in [1.29, 1.82) is 0 Å². The quantitative estimate of drug-likeness (QED) is 0.556. The van der Waals surface area contributed by atoms with Gasteiger partial charge in [-0.25, -0.2) is 8.42 Å². The van der Waals surface area contributed by atoms with Gasteiger partial charge in [-0.2, -0.15) is 0 Å². The second kappa shape index (κ2) is 9.61. The van der Waals surface area contributed by atoms with Crippen LogP contribution >= 0.6 is 0 Å². The van der Waals surface area contributed by atoms with E-state index in [4.69, 9.17) is 4.74 Å². The third-order valence-electron chi connectivity index (χ3n) is 4.61. The van der Waals surface area contributed by atoms with Crippen molar-refractivity contribution < 1.29 is 17.9 Å². The van der Waals surface area contributed by atoms with E-state index in [1.807, 2.05) is 49.4 Å². The molecule has 1 aromatic heterocycles. The van der Waals surface area contributed by atoms with Crippen LogP contribution in [-0.2, 0) is 16.6 Å². The van der Waals surface area contributed by atoms with Crippen molar-refractivity contribution in [2.45, 2.75) is 26.5 Å². The van der Waals surface area contributed by atoms with Gasteiger partial charge >= 0.3 is 0 Å². The van der Waals surface area contributed by atoms with Gasteiger partial charge < -0.3 is 10.1 Å². The van der Waals surface area contributed by atoms with E-state index in [2.05, 4.69) is 15.0 Å². The highest BCUT2D eigenvalue weighted by molar-refractivity contribution is 7.92. The summed E-state index contributed by atoms with van der Waals surface area (Å²) in [6.45, 7) is 4.00. The summed E-state index contributed by atoms with van der Waals surface area (Å²) >= 11 is 0. The molecule has 31 heavy (non-hydrogen) atoms. The molecule has 0 fully saturated rings. The van der Waals surface area contributed by atoms with E-state index < -0.39 is 10.0 Å². The smallest absolute Gasteiger partial charge is 0.251 e. The Morgan fingerprint density at radius 1 is 1.10 bits per heavy atom. The molecular weight excluding hydrogens is 414 g/mol. The van der Waals surface area contributed by atoms with Crippen LogP contribution in [-0.4, -0.2) is 25.6 Å². The number of benzene rings is 2. The number of amides is 1. The SMILES string of the molecule is Cc1ccc(C(=O)NC(C)c2cccc(OCc3ccccn3)c2)cc1NS(C)(=O)=O. The summed E-state index contributed by atoms with van der Waals surface area (Å²) in [7, 11) is -3.44. The fourth-order valence-electron chi connectivity index (χ4n) is 2.95. The maximum Gasteiger partial charge on any atom is 0.251 e. The molecule has 162 valence electrons. The van der Waals surface area contributed by atoms with Crippen LogP contribution in [0.5, 0.6) is 5.75 Å². The maximum atomic E-state index is 12.7. The van der Waals surface area contributed by atoms with Crippen LogP contribution in [0.4, 0.5) is 5.69 Å². The maximum absolute atomic E-state index is 12.7. The first-order valence-corrected chi connectivity index (χ1v) is 11.6. The number of sulfonamides is 1. The van der Waals surface area contributed by atoms with Crippen LogP contribution in [0.3, 0.4) is 0 Å². The normalized spacial score (nSPS) is 12.1. The number of anilines is 1. The Morgan fingerprint density at radius 2 is 1.90 bits per heavy atom. The third kappa shape index (κ3) is 6.55. The number of nitrogens with one attached hydrogen (secondary N) is 2. The Morgan fingerprint density at radius 3 is 2.61 bits per heavy atom. The zero-order valence-electron chi connectivity index (χ0n) is 17.6. The third-order valence-corrected chi connectivity index (χ3v) is 5.20. The lowest BCUT2D eigenvalue weighted by molar-refractivity contribution is 0.0940. The largest absolute Gasteiger partial charge is 0.487 e. The minimum atomic E-state index is -3.44. The molecule has 1 unspecified atom stereocenters. The molecule has 3 aromatic rings. The Bertz CT molecular complexity index is 1160. The molecule has 0 aliphatic carbocycles. The Balaban J connectivity index is 1.68. The molecule has 0 bridgehead atoms. The molecule has 0 saturated heterocycles. The highest BCUT2D eigenvalue weighted by atomic mass is 32.2. The molecule has 1 amide bonds. The summed E-state index contributed by atoms with van der Waals surface area (Å²) < 4.78 is 31.3. The number of hydrogen-bond acceptors (Lipinski definition) is 5. The molecule has 0 aliphatic heterocycles. The van der Waals surface area contributed by atoms with E-state index in [1.165, 1.54) is 6.07 Å². The number of hydrogen-bond donors (Lipinski definition) is 2. The molecule has 1 atom stereocenters. The summed E-state index contributed by atoms with van der Waals surface area (Å²) in [5, 5.41) is 2.94. The van der Waals surface area contributed by atoms with Crippen LogP contribution < -0.4 is 14.8 Å². The monoisotopic (exact) mass is 439 g/mol. The highest BCUT2D eigenvalue weighted by Crippen LogP contribution is 2.22. The van der Waals surface area contributed by atoms with Gasteiger partial charge in [-0.3, -0.25) is 14.5 Å². The molecule has 8 heteroatoms. The van der Waals surface area contributed by atoms with Gasteiger partial charge in [-0.15, -0.1) is 0 Å². The first-order valence-electron chi connectivity index (χ1n) is 9.73. The van der Waals surface area contributed by atoms with E-state index in [0.29, 0.717) is 23.6 Å². The van der Waals surface area contributed by atoms with Crippen molar-refractivity contribution in [3.05, 3.63) is 89.2 Å². The lowest BCUT2D eigenvalue weighted by atomic mass is 10.1. The molecule has 2 N–H and O–H groups in total. The van der Waals surface area contributed by atoms with Crippen LogP contribution in [0.15, 0.2) is 66.9 Å². The molecular formula is C23H25N3O4S. The fourth-order valence-corrected chi connectivity index (χ4v) is 3.57. The summed E-state index contributed by atoms with van der Waals surface area (Å²) in [6, 6.07) is 17.8. The minimum absolute atomic E-state index is 0.279. The number of carbonyl (C=O) groups excluding carboxylic acids is 1. The van der Waals surface area contributed by atoms with E-state index in [0.717, 1.165) is 23.1 Å². The lowest BCUT2D eigenvalue weighted by Gasteiger charge is -2.16. The van der Waals surface area contributed by atoms with Crippen molar-refractivity contribution in [2.24, 2.45) is 0 Å². The fraction of sp³-hybridized carbons (Fsp3) is 0.217. The van der Waals surface area contributed by atoms with Gasteiger partial charge in [0.2, 0.25) is 10.0 Å². The molecule has 0 saturated carbocycles. The van der Waals surface area contributed by atoms with Gasteiger partial charge in [0, 0.05) is 11.8 Å². The van der Waals surface area contributed by atoms with Crippen LogP contribution in [0.1, 0.15) is 40.1 Å². The average molecular weight is 440 g/mol. The lowest BCUT2D eigenvalue weighted by Crippen LogP contribution is -2.26. The van der Waals surface area contributed by atoms with Crippen molar-refractivity contribution in [3.8, 4) is 5.75 Å². The highest BCUT2D eigenvalue weighted by Gasteiger charge is 2.14. The number of nitrogens with zero attached hydrogens (tertiary/aromatic N) is 1. The van der Waals surface area contributed by atoms with Gasteiger partial charge in [0.15, 0.2) is 0 Å². The second-order valence-corrected chi connectivity index (χ2v) is 9.03. The topological polar surface area (TPSA) is 97.4 Å². The molecule has 1 heterocycles. The molecule has 2 aromatic carbocycles. The van der Waals surface area contributed by atoms with Gasteiger partial charge in [0.25, 0.3) is 5.91 Å². The zero-order chi connectivity index (χ0) is 22.4. The Labute approximate surface area is 182 Å². The summed E-state index contributed by atoms with van der Waals surface area (Å²) in [6.07, 6.45) is 2.79. The van der Waals surface area contributed by atoms with Crippen molar-refractivity contribution in [1.82, 2.24) is 10.3 Å². The van der Waals surface area contributed by atoms with Crippen molar-refractivity contribution in [2.75, 3.05) is 11.0 Å². The molecule has 7 nitrogen and oxygen atoms in total. The van der Waals surface area contributed by atoms with Crippen molar-refractivity contribution in [3.63, 3.8) is 0 Å². The van der Waals surface area contributed by atoms with Crippen LogP contribution in [0, 0.1) is 6.92 Å². The number of pyridine rings is 1. The molecule has 0 aliphatic rings. The number of aryl methyl sites for hydroxylation is 1. The van der Waals surface area contributed by atoms with Crippen LogP contribution in [0.25, 0.3) is 0 Å². The van der Waals surface area contributed by atoms with E-state index >= 15 is 0 Å². The summed E-state index contributed by atoms with van der Waals surface area (Å²) in [5.41, 5.74) is 3.19. The van der Waals surface area contributed by atoms with Gasteiger partial charge in [-0.1, -0.05) is 24.3 Å². The number of ether oxygens (including phenoxy) is 1. The standard InChI is InChI=1S/C23H25N3O4S/c1-16-10-11-19(14-22(16)26-31(3,28)29)23(27)25-17(2)18-7-6-9-21(13-18)30-15-20-8-4-5-12-24-20/h4-14,17,26H,15H2,1-3H3,(H,25,27). The van der Waals surface area contributed by atoms with E-state index in [-0.39, 0.29) is 11.9 Å². The molecule has 0 spiro atoms.